The van der Waals surface area contributed by atoms with Gasteiger partial charge in [0, 0.05) is 21.1 Å². The van der Waals surface area contributed by atoms with Crippen LogP contribution in [0.1, 0.15) is 0 Å². The molecular weight excluding hydrogens is 564 g/mol. The molecule has 8 N–H and O–H groups in total. The first-order chi connectivity index (χ1) is 8.00. The second kappa shape index (κ2) is 13.6. The van der Waals surface area contributed by atoms with Gasteiger partial charge in [-0.25, -0.2) is 0 Å². The van der Waals surface area contributed by atoms with E-state index in [1.54, 1.807) is 0 Å². The zero-order chi connectivity index (χ0) is 18.0. The summed E-state index contributed by atoms with van der Waals surface area (Å²) in [7, 11) is -19.6. The molecule has 0 aromatic rings. The molecule has 0 bridgehead atoms. The van der Waals surface area contributed by atoms with Gasteiger partial charge in [-0.05, 0) is 0 Å². The Morgan fingerprint density at radius 3 is 0.429 bits per heavy atom. The van der Waals surface area contributed by atoms with Crippen LogP contribution in [0.2, 0.25) is 0 Å². The van der Waals surface area contributed by atoms with Crippen molar-refractivity contribution in [2.75, 3.05) is 0 Å². The summed E-state index contributed by atoms with van der Waals surface area (Å²) < 4.78 is 35.1. The van der Waals surface area contributed by atoms with Crippen molar-refractivity contribution in [1.82, 2.24) is 0 Å². The Morgan fingerprint density at radius 1 is 0.429 bits per heavy atom. The van der Waals surface area contributed by atoms with Crippen LogP contribution in [0.3, 0.4) is 0 Å². The van der Waals surface area contributed by atoms with Crippen molar-refractivity contribution in [2.45, 2.75) is 0 Å². The Hall–Kier alpha value is 1.13. The van der Waals surface area contributed by atoms with Crippen LogP contribution < -0.4 is 19.6 Å². The van der Waals surface area contributed by atoms with Gasteiger partial charge in [-0.3, -0.25) is 18.3 Å². The van der Waals surface area contributed by atoms with Crippen LogP contribution >= 0.6 is 31.3 Å². The summed E-state index contributed by atoms with van der Waals surface area (Å²) in [5, 5.41) is 0. The second-order valence-corrected chi connectivity index (χ2v) is 5.89. The Labute approximate surface area is 130 Å². The first-order valence-corrected chi connectivity index (χ1v) is 9.18. The van der Waals surface area contributed by atoms with Gasteiger partial charge >= 0.3 is 0 Å². The summed E-state index contributed by atoms with van der Waals surface area (Å²) >= 11 is 0. The van der Waals surface area contributed by atoms with Crippen molar-refractivity contribution in [2.24, 2.45) is 0 Å². The van der Waals surface area contributed by atoms with Gasteiger partial charge in [-0.1, -0.05) is 0 Å². The normalized spacial score (nSPS) is 11.2. The van der Waals surface area contributed by atoms with E-state index in [1.807, 2.05) is 0 Å². The second-order valence-electron chi connectivity index (χ2n) is 1.96. The molecule has 0 aliphatic carbocycles. The third-order valence-electron chi connectivity index (χ3n) is 0. The Bertz CT molecular complexity index is 285. The van der Waals surface area contributed by atoms with Crippen molar-refractivity contribution in [3.05, 3.63) is 0 Å². The van der Waals surface area contributed by atoms with Crippen LogP contribution in [0.15, 0.2) is 0 Å². The van der Waals surface area contributed by atoms with E-state index >= 15 is 0 Å². The summed E-state index contributed by atoms with van der Waals surface area (Å²) in [5.41, 5.74) is 0. The van der Waals surface area contributed by atoms with Crippen molar-refractivity contribution >= 4 is 31.3 Å². The zero-order valence-corrected chi connectivity index (χ0v) is 15.6. The van der Waals surface area contributed by atoms with Gasteiger partial charge in [0.25, 0.3) is 31.3 Å². The minimum atomic E-state index is -4.89. The van der Waals surface area contributed by atoms with E-state index in [-0.39, 0.29) is 21.1 Å². The molecule has 0 unspecified atom stereocenters. The molecule has 0 aromatic carbocycles. The van der Waals surface area contributed by atoms with Gasteiger partial charge in [0.2, 0.25) is 0 Å². The first kappa shape index (κ1) is 33.7. The SMILES string of the molecule is O=P([O-])(O)O.O=P([O-])(O)O.O=P([O-])(O)O.O=P([O-])(O)O.[W]. The fourth-order valence-electron chi connectivity index (χ4n) is 0. The molecule has 0 aliphatic heterocycles. The zero-order valence-electron chi connectivity index (χ0n) is 9.04. The molecule has 0 aromatic heterocycles. The van der Waals surface area contributed by atoms with Crippen molar-refractivity contribution < 1.29 is 98.0 Å². The van der Waals surface area contributed by atoms with Gasteiger partial charge in [0.15, 0.2) is 0 Å². The summed E-state index contributed by atoms with van der Waals surface area (Å²) in [5.74, 6) is 0. The summed E-state index contributed by atoms with van der Waals surface area (Å²) in [6.45, 7) is 0. The summed E-state index contributed by atoms with van der Waals surface area (Å²) in [4.78, 5) is 91.7. The predicted octanol–water partition coefficient (Wildman–Crippen LogP) is -6.24. The van der Waals surface area contributed by atoms with Gasteiger partial charge in [-0.15, -0.1) is 0 Å². The van der Waals surface area contributed by atoms with Gasteiger partial charge in [0.1, 0.15) is 0 Å². The molecule has 0 saturated carbocycles. The third kappa shape index (κ3) is 6070. The standard InChI is InChI=1S/4H3O4P.W/c4*1-5(2,3)4;/h4*(H3,1,2,3,4);/p-4. The molecule has 0 rings (SSSR count). The summed E-state index contributed by atoms with van der Waals surface area (Å²) in [6.07, 6.45) is 0. The van der Waals surface area contributed by atoms with Crippen LogP contribution in [0.25, 0.3) is 0 Å². The van der Waals surface area contributed by atoms with Crippen LogP contribution in [-0.4, -0.2) is 39.1 Å². The minimum Gasteiger partial charge on any atom is -0.756 e. The van der Waals surface area contributed by atoms with E-state index in [9.17, 15) is 0 Å². The minimum absolute atomic E-state index is 0. The average molecular weight is 572 g/mol. The number of hydrogen-bond acceptors (Lipinski definition) is 8. The van der Waals surface area contributed by atoms with Gasteiger partial charge in [-0.2, -0.15) is 0 Å². The predicted molar refractivity (Wildman–Crippen MR) is 48.2 cm³/mol. The average Bonchev–Trinajstić information content (AvgIpc) is 1.62. The van der Waals surface area contributed by atoms with E-state index in [0.29, 0.717) is 0 Å². The van der Waals surface area contributed by atoms with E-state index in [2.05, 4.69) is 0 Å². The van der Waals surface area contributed by atoms with Gasteiger partial charge < -0.3 is 58.7 Å². The van der Waals surface area contributed by atoms with Crippen LogP contribution in [0.5, 0.6) is 0 Å². The number of phosphoric acid groups is 4. The van der Waals surface area contributed by atoms with Gasteiger partial charge in [0.05, 0.1) is 0 Å². The van der Waals surface area contributed by atoms with Crippen molar-refractivity contribution in [3.8, 4) is 0 Å². The number of hydrogen-bond donors (Lipinski definition) is 8. The summed E-state index contributed by atoms with van der Waals surface area (Å²) in [6, 6.07) is 0. The van der Waals surface area contributed by atoms with Crippen LogP contribution in [-0.2, 0) is 39.3 Å². The largest absolute Gasteiger partial charge is 0.756 e. The van der Waals surface area contributed by atoms with E-state index in [1.165, 1.54) is 0 Å². The molecule has 0 radical (unpaired) electrons. The van der Waals surface area contributed by atoms with E-state index in [4.69, 9.17) is 77.0 Å². The van der Waals surface area contributed by atoms with Crippen molar-refractivity contribution in [1.29, 1.82) is 0 Å². The molecule has 134 valence electrons. The smallest absolute Gasteiger partial charge is 0.262 e. The molecule has 21 heavy (non-hydrogen) atoms. The Morgan fingerprint density at radius 2 is 0.429 bits per heavy atom. The molecule has 0 atom stereocenters. The third-order valence-corrected chi connectivity index (χ3v) is 0. The fraction of sp³-hybridized carbons (Fsp3) is 0. The first-order valence-electron chi connectivity index (χ1n) is 3.06. The van der Waals surface area contributed by atoms with Crippen LogP contribution in [0, 0.1) is 0 Å². The molecular formula is H8O16P4W-4. The maximum atomic E-state index is 8.77. The van der Waals surface area contributed by atoms with Crippen LogP contribution in [0.4, 0.5) is 0 Å². The molecule has 21 heteroatoms. The maximum Gasteiger partial charge on any atom is 0.262 e. The molecule has 0 heterocycles. The fourth-order valence-corrected chi connectivity index (χ4v) is 0. The molecule has 0 spiro atoms. The molecule has 0 fully saturated rings. The van der Waals surface area contributed by atoms with E-state index in [0.717, 1.165) is 0 Å². The Balaban J connectivity index is -0.0000000533. The maximum absolute atomic E-state index is 8.77. The quantitative estimate of drug-likeness (QED) is 0.125. The Kier molecular flexibility index (Phi) is 21.7. The molecule has 16 nitrogen and oxygen atoms in total. The number of rotatable bonds is 0. The molecule has 0 saturated heterocycles. The topological polar surface area (TPSA) is 322 Å². The molecule has 0 aliphatic rings. The molecule has 0 amide bonds. The van der Waals surface area contributed by atoms with E-state index < -0.39 is 31.3 Å². The monoisotopic (exact) mass is 572 g/mol. The van der Waals surface area contributed by atoms with Crippen molar-refractivity contribution in [3.63, 3.8) is 0 Å².